The van der Waals surface area contributed by atoms with E-state index in [4.69, 9.17) is 9.47 Å². The number of alkyl halides is 3. The summed E-state index contributed by atoms with van der Waals surface area (Å²) < 4.78 is 78.7. The quantitative estimate of drug-likeness (QED) is 0.683. The summed E-state index contributed by atoms with van der Waals surface area (Å²) in [6, 6.07) is 6.07. The third kappa shape index (κ3) is 5.52. The number of ether oxygens (including phenoxy) is 2. The molecule has 1 amide bonds. The topological polar surface area (TPSA) is 84.9 Å². The number of carbonyl (C=O) groups excluding carboxylic acids is 1. The van der Waals surface area contributed by atoms with Crippen LogP contribution in [0, 0.1) is 0 Å². The molecule has 1 aliphatic carbocycles. The number of halogens is 3. The first-order valence-corrected chi connectivity index (χ1v) is 13.3. The van der Waals surface area contributed by atoms with Crippen LogP contribution in [0.3, 0.4) is 0 Å². The van der Waals surface area contributed by atoms with E-state index in [2.05, 4.69) is 4.72 Å². The van der Waals surface area contributed by atoms with Gasteiger partial charge in [-0.25, -0.2) is 13.1 Å². The van der Waals surface area contributed by atoms with Crippen LogP contribution in [-0.4, -0.2) is 68.6 Å². The molecule has 5 rings (SSSR count). The van der Waals surface area contributed by atoms with Crippen molar-refractivity contribution < 1.29 is 35.9 Å². The minimum Gasteiger partial charge on any atom is -0.483 e. The van der Waals surface area contributed by atoms with Crippen LogP contribution < -0.4 is 9.46 Å². The lowest BCUT2D eigenvalue weighted by Crippen LogP contribution is -2.61. The number of amides is 1. The maximum atomic E-state index is 13.1. The standard InChI is InChI=1S/C23H31F3N2O5S/c1-15(23(24,25)26)34(30,31)27-19-6-4-12-28-20(19)13-32-17-10-8-16(9-11-17)18-5-2-3-7-21(18)33-14-22(28)29/h2-3,5,7,15-17,19-20,27H,4,6,8-14H2,1H3/t15-,16?,17?,19?,20?/m0/s1. The number of hydrogen-bond acceptors (Lipinski definition) is 5. The molecule has 7 nitrogen and oxygen atoms in total. The number of carbonyl (C=O) groups is 1. The normalized spacial score (nSPS) is 29.6. The van der Waals surface area contributed by atoms with Gasteiger partial charge in [0.25, 0.3) is 5.91 Å². The maximum absolute atomic E-state index is 13.1. The first kappa shape index (κ1) is 25.2. The van der Waals surface area contributed by atoms with Gasteiger partial charge in [0, 0.05) is 12.6 Å². The van der Waals surface area contributed by atoms with Gasteiger partial charge in [-0.05, 0) is 63.0 Å². The molecule has 3 atom stereocenters. The summed E-state index contributed by atoms with van der Waals surface area (Å²) in [7, 11) is -4.69. The Morgan fingerprint density at radius 3 is 2.53 bits per heavy atom. The van der Waals surface area contributed by atoms with E-state index in [9.17, 15) is 26.4 Å². The molecule has 2 bridgehead atoms. The highest BCUT2D eigenvalue weighted by Crippen LogP contribution is 2.39. The summed E-state index contributed by atoms with van der Waals surface area (Å²) in [4.78, 5) is 14.6. The van der Waals surface area contributed by atoms with Gasteiger partial charge in [-0.2, -0.15) is 13.2 Å². The second-order valence-electron chi connectivity index (χ2n) is 9.38. The maximum Gasteiger partial charge on any atom is 0.406 e. The summed E-state index contributed by atoms with van der Waals surface area (Å²) in [5, 5.41) is -2.56. The second kappa shape index (κ2) is 10.0. The van der Waals surface area contributed by atoms with Gasteiger partial charge in [-0.3, -0.25) is 4.79 Å². The van der Waals surface area contributed by atoms with E-state index in [-0.39, 0.29) is 25.2 Å². The number of hydrogen-bond donors (Lipinski definition) is 1. The predicted molar refractivity (Wildman–Crippen MR) is 119 cm³/mol. The summed E-state index contributed by atoms with van der Waals surface area (Å²) in [5.41, 5.74) is 1.06. The molecule has 34 heavy (non-hydrogen) atoms. The number of sulfonamides is 1. The smallest absolute Gasteiger partial charge is 0.406 e. The predicted octanol–water partition coefficient (Wildman–Crippen LogP) is 3.35. The molecule has 0 radical (unpaired) electrons. The largest absolute Gasteiger partial charge is 0.483 e. The van der Waals surface area contributed by atoms with Gasteiger partial charge in [0.2, 0.25) is 10.0 Å². The Balaban J connectivity index is 1.59. The van der Waals surface area contributed by atoms with Crippen molar-refractivity contribution in [1.29, 1.82) is 0 Å². The fourth-order valence-electron chi connectivity index (χ4n) is 5.15. The Bertz CT molecular complexity index is 979. The molecule has 3 heterocycles. The lowest BCUT2D eigenvalue weighted by Gasteiger charge is -2.42. The van der Waals surface area contributed by atoms with E-state index in [1.54, 1.807) is 0 Å². The molecule has 4 aliphatic rings. The van der Waals surface area contributed by atoms with Crippen LogP contribution in [0.2, 0.25) is 0 Å². The molecule has 2 fully saturated rings. The van der Waals surface area contributed by atoms with Crippen LogP contribution in [0.1, 0.15) is 56.9 Å². The first-order chi connectivity index (χ1) is 16.1. The Morgan fingerprint density at radius 1 is 1.12 bits per heavy atom. The van der Waals surface area contributed by atoms with Crippen molar-refractivity contribution in [2.45, 2.75) is 81.0 Å². The molecule has 1 N–H and O–H groups in total. The molecule has 2 unspecified atom stereocenters. The van der Waals surface area contributed by atoms with E-state index in [0.717, 1.165) is 31.2 Å². The van der Waals surface area contributed by atoms with Crippen LogP contribution in [0.5, 0.6) is 5.75 Å². The van der Waals surface area contributed by atoms with Crippen molar-refractivity contribution in [3.63, 3.8) is 0 Å². The SMILES string of the molecule is C[C@@H](C(F)(F)F)S(=O)(=O)NC1CCCN2C(=O)COc3ccccc3C3CCC(CC3)OCC12. The van der Waals surface area contributed by atoms with E-state index in [1.807, 2.05) is 24.3 Å². The molecule has 1 saturated carbocycles. The molecule has 0 aromatic heterocycles. The lowest BCUT2D eigenvalue weighted by molar-refractivity contribution is -0.140. The minimum absolute atomic E-state index is 0.0460. The van der Waals surface area contributed by atoms with E-state index < -0.39 is 33.5 Å². The van der Waals surface area contributed by atoms with Crippen molar-refractivity contribution in [2.24, 2.45) is 0 Å². The van der Waals surface area contributed by atoms with Crippen molar-refractivity contribution in [1.82, 2.24) is 9.62 Å². The Morgan fingerprint density at radius 2 is 1.82 bits per heavy atom. The van der Waals surface area contributed by atoms with Crippen molar-refractivity contribution in [3.05, 3.63) is 29.8 Å². The number of nitrogens with one attached hydrogen (secondary N) is 1. The second-order valence-corrected chi connectivity index (χ2v) is 11.4. The molecule has 0 spiro atoms. The monoisotopic (exact) mass is 504 g/mol. The van der Waals surface area contributed by atoms with Crippen LogP contribution in [0.15, 0.2) is 24.3 Å². The number of nitrogens with zero attached hydrogens (tertiary/aromatic N) is 1. The van der Waals surface area contributed by atoms with Gasteiger partial charge in [0.1, 0.15) is 5.75 Å². The highest BCUT2D eigenvalue weighted by atomic mass is 32.2. The van der Waals surface area contributed by atoms with Gasteiger partial charge in [-0.15, -0.1) is 0 Å². The van der Waals surface area contributed by atoms with Crippen LogP contribution in [-0.2, 0) is 19.6 Å². The van der Waals surface area contributed by atoms with Gasteiger partial charge in [-0.1, -0.05) is 18.2 Å². The van der Waals surface area contributed by atoms with E-state index >= 15 is 0 Å². The third-order valence-electron chi connectivity index (χ3n) is 7.23. The molecule has 3 aliphatic heterocycles. The summed E-state index contributed by atoms with van der Waals surface area (Å²) >= 11 is 0. The van der Waals surface area contributed by atoms with E-state index in [1.165, 1.54) is 4.90 Å². The lowest BCUT2D eigenvalue weighted by atomic mass is 9.82. The zero-order valence-corrected chi connectivity index (χ0v) is 19.9. The number of rotatable bonds is 3. The van der Waals surface area contributed by atoms with Gasteiger partial charge >= 0.3 is 6.18 Å². The van der Waals surface area contributed by atoms with E-state index in [0.29, 0.717) is 38.0 Å². The summed E-state index contributed by atoms with van der Waals surface area (Å²) in [5.74, 6) is 0.616. The molecule has 1 aromatic carbocycles. The molecule has 1 saturated heterocycles. The first-order valence-electron chi connectivity index (χ1n) is 11.8. The molecule has 1 aromatic rings. The molecule has 11 heteroatoms. The highest BCUT2D eigenvalue weighted by Gasteiger charge is 2.47. The fourth-order valence-corrected chi connectivity index (χ4v) is 6.40. The van der Waals surface area contributed by atoms with Crippen LogP contribution in [0.25, 0.3) is 0 Å². The summed E-state index contributed by atoms with van der Waals surface area (Å²) in [6.07, 6.45) is -0.760. The number of fused-ring (bicyclic) bond motifs is 5. The van der Waals surface area contributed by atoms with Crippen molar-refractivity contribution in [2.75, 3.05) is 19.8 Å². The Labute approximate surface area is 198 Å². The van der Waals surface area contributed by atoms with Gasteiger partial charge in [0.15, 0.2) is 11.9 Å². The number of para-hydroxylation sites is 1. The molecular weight excluding hydrogens is 473 g/mol. The van der Waals surface area contributed by atoms with Crippen LogP contribution in [0.4, 0.5) is 13.2 Å². The fraction of sp³-hybridized carbons (Fsp3) is 0.696. The van der Waals surface area contributed by atoms with Crippen molar-refractivity contribution in [3.8, 4) is 5.75 Å². The minimum atomic E-state index is -4.89. The van der Waals surface area contributed by atoms with Gasteiger partial charge in [0.05, 0.1) is 18.8 Å². The average molecular weight is 505 g/mol. The molecule has 190 valence electrons. The summed E-state index contributed by atoms with van der Waals surface area (Å²) in [6.45, 7) is 0.806. The third-order valence-corrected chi connectivity index (χ3v) is 9.06. The Hall–Kier alpha value is -1.85. The van der Waals surface area contributed by atoms with Crippen molar-refractivity contribution >= 4 is 15.9 Å². The van der Waals surface area contributed by atoms with Gasteiger partial charge < -0.3 is 14.4 Å². The Kier molecular flexibility index (Phi) is 7.44. The number of benzene rings is 1. The molecular formula is C23H31F3N2O5S. The number of piperidine rings is 1. The average Bonchev–Trinajstić information content (AvgIpc) is 2.82. The highest BCUT2D eigenvalue weighted by molar-refractivity contribution is 7.90. The van der Waals surface area contributed by atoms with Crippen LogP contribution >= 0.6 is 0 Å². The zero-order valence-electron chi connectivity index (χ0n) is 19.1. The zero-order chi connectivity index (χ0) is 24.5.